The maximum Gasteiger partial charge on any atom is 0.136 e. The number of anilines is 6. The maximum atomic E-state index is 6.55. The molecule has 0 saturated heterocycles. The molecule has 0 fully saturated rings. The largest absolute Gasteiger partial charge is 0.456 e. The van der Waals surface area contributed by atoms with Gasteiger partial charge in [-0.25, -0.2) is 0 Å². The Morgan fingerprint density at radius 2 is 0.621 bits per heavy atom. The molecule has 3 heterocycles. The lowest BCUT2D eigenvalue weighted by molar-refractivity contribution is 0.668. The summed E-state index contributed by atoms with van der Waals surface area (Å²) >= 11 is 0. The van der Waals surface area contributed by atoms with E-state index in [1.54, 1.807) is 0 Å². The lowest BCUT2D eigenvalue weighted by Crippen LogP contribution is -2.12. The number of fused-ring (bicyclic) bond motifs is 12. The molecule has 19 aromatic rings. The summed E-state index contributed by atoms with van der Waals surface area (Å²) in [6.07, 6.45) is 0. The second kappa shape index (κ2) is 22.0. The first-order chi connectivity index (χ1) is 47.2. The molecule has 16 aromatic carbocycles. The van der Waals surface area contributed by atoms with Crippen molar-refractivity contribution in [1.29, 1.82) is 0 Å². The summed E-state index contributed by atoms with van der Waals surface area (Å²) < 4.78 is 15.5. The van der Waals surface area contributed by atoms with Gasteiger partial charge in [-0.15, -0.1) is 0 Å². The first-order valence-electron chi connectivity index (χ1n) is 32.5. The van der Waals surface area contributed by atoms with Crippen LogP contribution in [-0.2, 0) is 0 Å². The summed E-state index contributed by atoms with van der Waals surface area (Å²) in [7, 11) is 0. The maximum absolute atomic E-state index is 6.55. The van der Waals surface area contributed by atoms with Gasteiger partial charge in [0.05, 0.1) is 45.2 Å². The topological polar surface area (TPSA) is 37.7 Å². The average molecular weight is 1210 g/mol. The van der Waals surface area contributed by atoms with Crippen molar-refractivity contribution in [1.82, 2.24) is 4.57 Å². The van der Waals surface area contributed by atoms with E-state index in [0.29, 0.717) is 0 Å². The first-order valence-corrected chi connectivity index (χ1v) is 32.5. The zero-order valence-corrected chi connectivity index (χ0v) is 51.6. The van der Waals surface area contributed by atoms with Gasteiger partial charge in [0.1, 0.15) is 22.3 Å². The van der Waals surface area contributed by atoms with E-state index in [1.807, 2.05) is 12.1 Å². The van der Waals surface area contributed by atoms with E-state index in [2.05, 4.69) is 348 Å². The molecule has 5 heteroatoms. The zero-order chi connectivity index (χ0) is 62.5. The number of nitrogens with zero attached hydrogens (tertiary/aromatic N) is 3. The van der Waals surface area contributed by atoms with Gasteiger partial charge in [0.25, 0.3) is 0 Å². The van der Waals surface area contributed by atoms with Gasteiger partial charge in [0, 0.05) is 70.9 Å². The number of hydrogen-bond donors (Lipinski definition) is 0. The molecule has 0 saturated carbocycles. The molecule has 0 atom stereocenters. The zero-order valence-electron chi connectivity index (χ0n) is 51.6. The Kier molecular flexibility index (Phi) is 12.5. The Hall–Kier alpha value is -12.7. The highest BCUT2D eigenvalue weighted by molar-refractivity contribution is 6.18. The van der Waals surface area contributed by atoms with Crippen molar-refractivity contribution < 1.29 is 8.83 Å². The van der Waals surface area contributed by atoms with Crippen molar-refractivity contribution in [3.05, 3.63) is 346 Å². The molecule has 95 heavy (non-hydrogen) atoms. The van der Waals surface area contributed by atoms with Crippen LogP contribution < -0.4 is 9.80 Å². The summed E-state index contributed by atoms with van der Waals surface area (Å²) in [4.78, 5) is 4.94. The number of para-hydroxylation sites is 7. The minimum atomic E-state index is 0.859. The molecule has 444 valence electrons. The van der Waals surface area contributed by atoms with E-state index in [1.165, 1.54) is 27.2 Å². The number of benzene rings is 16. The predicted octanol–water partition coefficient (Wildman–Crippen LogP) is 25.6. The molecule has 0 N–H and O–H groups in total. The van der Waals surface area contributed by atoms with Gasteiger partial charge in [-0.05, 0) is 135 Å². The van der Waals surface area contributed by atoms with E-state index >= 15 is 0 Å². The molecule has 0 aliphatic heterocycles. The molecule has 0 radical (unpaired) electrons. The normalized spacial score (nSPS) is 11.8. The van der Waals surface area contributed by atoms with Gasteiger partial charge in [0.15, 0.2) is 0 Å². The first kappa shape index (κ1) is 54.1. The van der Waals surface area contributed by atoms with Crippen molar-refractivity contribution in [3.8, 4) is 50.2 Å². The predicted molar refractivity (Wildman–Crippen MR) is 399 cm³/mol. The highest BCUT2D eigenvalue weighted by Gasteiger charge is 2.26. The summed E-state index contributed by atoms with van der Waals surface area (Å²) in [6, 6.07) is 125. The number of hydrogen-bond acceptors (Lipinski definition) is 4. The Morgan fingerprint density at radius 1 is 0.221 bits per heavy atom. The lowest BCUT2D eigenvalue weighted by Gasteiger charge is -2.30. The minimum absolute atomic E-state index is 0.859. The Morgan fingerprint density at radius 3 is 1.28 bits per heavy atom. The van der Waals surface area contributed by atoms with Crippen LogP contribution in [0.25, 0.3) is 148 Å². The standard InChI is InChI=1S/C90H57N3O2/c1-2-26-64-58(23-1)24-17-45-79(64)93(83-43-14-7-31-72(83)74-38-22-50-88-90(74)76-33-9-16-48-86(76)95-88)84-46-20-35-67-63(34-19-36-68(67)84)61-53-56-66-60(57-61)25-18-44-77(66)91(80-40-11-6-30-71(80)73-37-21-49-87-89(73)75-32-8-15-47-85(75)94-87)62-54-51-59(52-55-62)65-27-3-10-39-78(65)92-81-41-12-4-28-69(81)70-29-5-13-42-82(70)92/h1-57H. The molecule has 3 aromatic heterocycles. The van der Waals surface area contributed by atoms with E-state index in [0.717, 1.165) is 155 Å². The molecule has 0 bridgehead atoms. The summed E-state index contributed by atoms with van der Waals surface area (Å²) in [6.45, 7) is 0. The Labute approximate surface area is 548 Å². The van der Waals surface area contributed by atoms with E-state index in [9.17, 15) is 0 Å². The third kappa shape index (κ3) is 8.71. The third-order valence-electron chi connectivity index (χ3n) is 19.4. The van der Waals surface area contributed by atoms with Crippen molar-refractivity contribution in [3.63, 3.8) is 0 Å². The Bertz CT molecular complexity index is 6210. The molecule has 0 amide bonds. The van der Waals surface area contributed by atoms with Crippen molar-refractivity contribution >= 4 is 132 Å². The second-order valence-electron chi connectivity index (χ2n) is 24.6. The number of furan rings is 2. The van der Waals surface area contributed by atoms with Gasteiger partial charge in [-0.2, -0.15) is 0 Å². The van der Waals surface area contributed by atoms with Crippen molar-refractivity contribution in [2.45, 2.75) is 0 Å². The smallest absolute Gasteiger partial charge is 0.136 e. The lowest BCUT2D eigenvalue weighted by atomic mass is 9.93. The van der Waals surface area contributed by atoms with Crippen LogP contribution >= 0.6 is 0 Å². The molecule has 0 unspecified atom stereocenters. The summed E-state index contributed by atoms with van der Waals surface area (Å²) in [5.41, 5.74) is 22.3. The van der Waals surface area contributed by atoms with Crippen LogP contribution in [0.15, 0.2) is 355 Å². The van der Waals surface area contributed by atoms with E-state index < -0.39 is 0 Å². The minimum Gasteiger partial charge on any atom is -0.456 e. The molecular formula is C90H57N3O2. The molecule has 0 aliphatic rings. The van der Waals surface area contributed by atoms with Gasteiger partial charge in [-0.1, -0.05) is 255 Å². The Balaban J connectivity index is 0.772. The number of rotatable bonds is 11. The van der Waals surface area contributed by atoms with Crippen molar-refractivity contribution in [2.75, 3.05) is 9.80 Å². The van der Waals surface area contributed by atoms with E-state index in [-0.39, 0.29) is 0 Å². The van der Waals surface area contributed by atoms with E-state index in [4.69, 9.17) is 8.83 Å². The summed E-state index contributed by atoms with van der Waals surface area (Å²) in [5, 5.41) is 13.7. The van der Waals surface area contributed by atoms with Crippen LogP contribution in [0.3, 0.4) is 0 Å². The SMILES string of the molecule is c1ccc(N(c2ccc(-c3ccccc3-n3c4ccccc4c4ccccc43)cc2)c2cccc3cc(-c4cccc5c(N(c6ccccc6-c6cccc7oc8ccccc8c67)c6cccc7ccccc67)cccc45)ccc23)c(-c2cccc3oc4ccccc4c23)c1. The van der Waals surface area contributed by atoms with Crippen LogP contribution in [0.1, 0.15) is 0 Å². The van der Waals surface area contributed by atoms with Gasteiger partial charge >= 0.3 is 0 Å². The molecule has 19 rings (SSSR count). The highest BCUT2D eigenvalue weighted by atomic mass is 16.3. The monoisotopic (exact) mass is 1210 g/mol. The van der Waals surface area contributed by atoms with Crippen LogP contribution in [0.5, 0.6) is 0 Å². The molecule has 5 nitrogen and oxygen atoms in total. The fourth-order valence-corrected chi connectivity index (χ4v) is 15.2. The molecule has 0 aliphatic carbocycles. The van der Waals surface area contributed by atoms with Gasteiger partial charge in [0.2, 0.25) is 0 Å². The summed E-state index contributed by atoms with van der Waals surface area (Å²) in [5.74, 6) is 0. The number of aromatic nitrogens is 1. The quantitative estimate of drug-likeness (QED) is 0.129. The molecular weight excluding hydrogens is 1160 g/mol. The van der Waals surface area contributed by atoms with Crippen LogP contribution in [0, 0.1) is 0 Å². The van der Waals surface area contributed by atoms with Crippen LogP contribution in [0.4, 0.5) is 34.1 Å². The third-order valence-corrected chi connectivity index (χ3v) is 19.4. The van der Waals surface area contributed by atoms with Crippen LogP contribution in [0.2, 0.25) is 0 Å². The van der Waals surface area contributed by atoms with Gasteiger partial charge in [-0.3, -0.25) is 0 Å². The highest BCUT2D eigenvalue weighted by Crippen LogP contribution is 2.51. The average Bonchev–Trinajstić information content (AvgIpc) is 1.76. The second-order valence-corrected chi connectivity index (χ2v) is 24.6. The molecule has 0 spiro atoms. The van der Waals surface area contributed by atoms with Crippen LogP contribution in [-0.4, -0.2) is 4.57 Å². The fourth-order valence-electron chi connectivity index (χ4n) is 15.2. The van der Waals surface area contributed by atoms with Gasteiger partial charge < -0.3 is 23.2 Å². The fraction of sp³-hybridized carbons (Fsp3) is 0. The van der Waals surface area contributed by atoms with Crippen molar-refractivity contribution in [2.24, 2.45) is 0 Å².